The van der Waals surface area contributed by atoms with Crippen LogP contribution in [-0.2, 0) is 30.9 Å². The van der Waals surface area contributed by atoms with Crippen LogP contribution in [0.15, 0.2) is 103 Å². The Kier molecular flexibility index (Phi) is 15.3. The Balaban J connectivity index is 0.907. The van der Waals surface area contributed by atoms with Gasteiger partial charge in [0.15, 0.2) is 0 Å². The highest BCUT2D eigenvalue weighted by atomic mass is 16.5. The molecule has 3 N–H and O–H groups in total. The molecule has 2 bridgehead atoms. The molecule has 7 heteroatoms. The molecule has 20 unspecified atom stereocenters. The summed E-state index contributed by atoms with van der Waals surface area (Å²) in [6.07, 6.45) is 19.9. The minimum Gasteiger partial charge on any atom is -0.462 e. The Morgan fingerprint density at radius 1 is 0.753 bits per heavy atom. The van der Waals surface area contributed by atoms with Crippen LogP contribution in [0.1, 0.15) is 221 Å². The number of aryl methyl sites for hydroxylation is 1. The van der Waals surface area contributed by atoms with Crippen LogP contribution in [0.25, 0.3) is 10.8 Å². The lowest BCUT2D eigenvalue weighted by Gasteiger charge is -2.71. The molecular formula is C78H98O7. The molecule has 452 valence electrons. The fourth-order valence-corrected chi connectivity index (χ4v) is 23.1. The number of hydrogen-bond acceptors (Lipinski definition) is 7. The number of cyclic esters (lactones) is 1. The van der Waals surface area contributed by atoms with Crippen molar-refractivity contribution in [1.29, 1.82) is 0 Å². The first-order valence-corrected chi connectivity index (χ1v) is 34.4. The minimum absolute atomic E-state index is 0.102. The molecule has 4 aromatic carbocycles. The largest absolute Gasteiger partial charge is 0.462 e. The van der Waals surface area contributed by atoms with Crippen LogP contribution in [0, 0.1) is 87.3 Å². The highest BCUT2D eigenvalue weighted by Crippen LogP contribution is 2.77. The second-order valence-corrected chi connectivity index (χ2v) is 31.0. The molecule has 6 fully saturated rings. The first-order chi connectivity index (χ1) is 41.1. The van der Waals surface area contributed by atoms with Gasteiger partial charge in [-0.25, -0.2) is 4.79 Å². The van der Waals surface area contributed by atoms with Crippen LogP contribution >= 0.6 is 0 Å². The molecule has 4 aromatic rings. The molecule has 0 amide bonds. The summed E-state index contributed by atoms with van der Waals surface area (Å²) in [5.41, 5.74) is 5.07. The normalized spacial score (nSPS) is 41.1. The summed E-state index contributed by atoms with van der Waals surface area (Å²) in [6.45, 7) is 11.6. The van der Waals surface area contributed by atoms with Gasteiger partial charge >= 0.3 is 11.9 Å². The molecule has 10 aliphatic rings. The number of fused-ring (bicyclic) bond motifs is 4. The molecule has 0 aromatic heterocycles. The Morgan fingerprint density at radius 2 is 1.55 bits per heavy atom. The average Bonchev–Trinajstić information content (AvgIpc) is 1.65. The maximum atomic E-state index is 15.9. The molecule has 8 aliphatic carbocycles. The van der Waals surface area contributed by atoms with Gasteiger partial charge in [-0.1, -0.05) is 163 Å². The third-order valence-corrected chi connectivity index (χ3v) is 26.5. The van der Waals surface area contributed by atoms with Crippen molar-refractivity contribution in [1.82, 2.24) is 0 Å². The first-order valence-electron chi connectivity index (χ1n) is 34.4. The van der Waals surface area contributed by atoms with E-state index in [9.17, 15) is 20.1 Å². The fraction of sp³-hybridized carbons (Fsp3) is 0.641. The molecule has 1 spiro atoms. The molecule has 14 rings (SSSR count). The number of benzene rings is 4. The monoisotopic (exact) mass is 1150 g/mol. The van der Waals surface area contributed by atoms with Crippen molar-refractivity contribution in [2.45, 2.75) is 229 Å². The fourth-order valence-electron chi connectivity index (χ4n) is 23.1. The predicted octanol–water partition coefficient (Wildman–Crippen LogP) is 16.0. The van der Waals surface area contributed by atoms with E-state index in [2.05, 4.69) is 137 Å². The van der Waals surface area contributed by atoms with E-state index in [1.807, 2.05) is 0 Å². The summed E-state index contributed by atoms with van der Waals surface area (Å²) in [7, 11) is 0. The number of carbonyl (C=O) groups is 2. The van der Waals surface area contributed by atoms with Gasteiger partial charge < -0.3 is 24.8 Å². The standard InChI is InChI=1S/C78H98O7/c1-48(2)41-55-23-15-21-53-28-29-56(42-49(3)17-14-20-51-18-8-6-9-19-51)72(81)78-65(79)35-37-74(5,71(78)64(85-73(82)67(53)55)43-50(4)77(78,83)40-32-52-44-66(80)84-47-52)59-34-39-75-38-33-57-46-76(58-24-10-7-11-25-58)36-13-12-27-62(76)61-31-30-54-22-16-26-60(63(75)45-59)68(54)69(61)70(57)75/h6-11,16,18-19,22,24-26,30-31,44,48-50,53,55-57,59,62-65,67,70-72,79,81,83H,12-15,17,20-21,23,27,32-43,45-47H2,1-5H3. The molecule has 2 heterocycles. The Labute approximate surface area is 508 Å². The maximum absolute atomic E-state index is 15.9. The Bertz CT molecular complexity index is 3250. The summed E-state index contributed by atoms with van der Waals surface area (Å²) < 4.78 is 12.9. The number of esters is 2. The van der Waals surface area contributed by atoms with E-state index in [0.717, 1.165) is 69.8 Å². The molecule has 0 saturated heterocycles. The van der Waals surface area contributed by atoms with E-state index in [-0.39, 0.29) is 65.4 Å². The zero-order chi connectivity index (χ0) is 58.6. The number of aliphatic hydroxyl groups is 3. The van der Waals surface area contributed by atoms with Crippen molar-refractivity contribution in [3.05, 3.63) is 130 Å². The van der Waals surface area contributed by atoms with Crippen molar-refractivity contribution in [2.75, 3.05) is 6.61 Å². The van der Waals surface area contributed by atoms with Gasteiger partial charge in [-0.3, -0.25) is 4.79 Å². The lowest BCUT2D eigenvalue weighted by Crippen LogP contribution is -2.77. The third-order valence-electron chi connectivity index (χ3n) is 26.5. The topological polar surface area (TPSA) is 113 Å². The van der Waals surface area contributed by atoms with Crippen LogP contribution in [-0.4, -0.2) is 57.8 Å². The molecule has 20 atom stereocenters. The molecule has 2 aliphatic heterocycles. The van der Waals surface area contributed by atoms with E-state index in [4.69, 9.17) is 9.47 Å². The van der Waals surface area contributed by atoms with Gasteiger partial charge in [-0.2, -0.15) is 0 Å². The van der Waals surface area contributed by atoms with Crippen LogP contribution in [0.2, 0.25) is 0 Å². The molecule has 6 saturated carbocycles. The van der Waals surface area contributed by atoms with Gasteiger partial charge in [0.1, 0.15) is 12.7 Å². The molecule has 85 heavy (non-hydrogen) atoms. The quantitative estimate of drug-likeness (QED) is 0.0903. The van der Waals surface area contributed by atoms with Gasteiger partial charge in [0.25, 0.3) is 0 Å². The van der Waals surface area contributed by atoms with Gasteiger partial charge in [-0.05, 0) is 230 Å². The highest BCUT2D eigenvalue weighted by Gasteiger charge is 2.76. The Morgan fingerprint density at radius 3 is 2.34 bits per heavy atom. The van der Waals surface area contributed by atoms with E-state index < -0.39 is 52.5 Å². The summed E-state index contributed by atoms with van der Waals surface area (Å²) >= 11 is 0. The molecule has 0 radical (unpaired) electrons. The number of rotatable bonds is 13. The Hall–Kier alpha value is -4.74. The summed E-state index contributed by atoms with van der Waals surface area (Å²) in [5.74, 6) is 7.64. The number of aliphatic hydroxyl groups excluding tert-OH is 2. The van der Waals surface area contributed by atoms with Crippen LogP contribution < -0.4 is 0 Å². The van der Waals surface area contributed by atoms with E-state index in [1.54, 1.807) is 22.8 Å². The predicted molar refractivity (Wildman–Crippen MR) is 336 cm³/mol. The SMILES string of the molecule is CC(C)CC1CCCC2C#CC(CC(C)CCCc3ccccc3)C(O)C34C(O)CCC(C)(C5CCC67CCC8CC9(c%10ccccc%10)CCCCC9c9ccc%10cccc(c%10c9C86)C7C5)C3C(CC(C)C4(O)CCC3=CC(=O)OC3)OC(=O)C21. The third kappa shape index (κ3) is 9.24. The number of hydrogen-bond donors (Lipinski definition) is 3. The van der Waals surface area contributed by atoms with Crippen LogP contribution in [0.3, 0.4) is 0 Å². The minimum atomic E-state index is -1.63. The number of ether oxygens (including phenoxy) is 2. The second kappa shape index (κ2) is 22.4. The lowest BCUT2D eigenvalue weighted by atomic mass is 9.36. The van der Waals surface area contributed by atoms with Gasteiger partial charge in [0.2, 0.25) is 0 Å². The van der Waals surface area contributed by atoms with Gasteiger partial charge in [0, 0.05) is 29.2 Å². The van der Waals surface area contributed by atoms with Crippen molar-refractivity contribution in [3.8, 4) is 11.8 Å². The number of carbonyl (C=O) groups excluding carboxylic acids is 2. The van der Waals surface area contributed by atoms with Gasteiger partial charge in [-0.15, -0.1) is 0 Å². The summed E-state index contributed by atoms with van der Waals surface area (Å²) in [6, 6.07) is 34.7. The summed E-state index contributed by atoms with van der Waals surface area (Å²) in [4.78, 5) is 28.6. The molecular weight excluding hydrogens is 1050 g/mol. The van der Waals surface area contributed by atoms with Crippen molar-refractivity contribution in [2.24, 2.45) is 75.4 Å². The van der Waals surface area contributed by atoms with Crippen molar-refractivity contribution in [3.63, 3.8) is 0 Å². The zero-order valence-electron chi connectivity index (χ0n) is 51.9. The summed E-state index contributed by atoms with van der Waals surface area (Å²) in [5, 5.41) is 45.8. The van der Waals surface area contributed by atoms with Crippen molar-refractivity contribution < 1.29 is 34.4 Å². The van der Waals surface area contributed by atoms with Crippen molar-refractivity contribution >= 4 is 22.7 Å². The maximum Gasteiger partial charge on any atom is 0.331 e. The lowest BCUT2D eigenvalue weighted by molar-refractivity contribution is -0.331. The van der Waals surface area contributed by atoms with Crippen LogP contribution in [0.4, 0.5) is 0 Å². The van der Waals surface area contributed by atoms with E-state index in [0.29, 0.717) is 61.7 Å². The van der Waals surface area contributed by atoms with Gasteiger partial charge in [0.05, 0.1) is 29.1 Å². The molecule has 7 nitrogen and oxygen atoms in total. The van der Waals surface area contributed by atoms with E-state index in [1.165, 1.54) is 66.8 Å². The first kappa shape index (κ1) is 58.0. The second-order valence-electron chi connectivity index (χ2n) is 31.0. The van der Waals surface area contributed by atoms with E-state index >= 15 is 4.79 Å². The zero-order valence-corrected chi connectivity index (χ0v) is 51.9. The average molecular weight is 1150 g/mol. The van der Waals surface area contributed by atoms with Crippen LogP contribution in [0.5, 0.6) is 0 Å². The highest BCUT2D eigenvalue weighted by molar-refractivity contribution is 5.93. The smallest absolute Gasteiger partial charge is 0.331 e.